The van der Waals surface area contributed by atoms with Crippen molar-refractivity contribution in [1.82, 2.24) is 24.3 Å². The Morgan fingerprint density at radius 1 is 1.32 bits per heavy atom. The zero-order chi connectivity index (χ0) is 19.7. The van der Waals surface area contributed by atoms with E-state index in [9.17, 15) is 13.2 Å². The number of piperidine rings is 1. The number of carbonyl (C=O) groups is 1. The molecule has 3 aromatic heterocycles. The number of hydrogen-bond donors (Lipinski definition) is 1. The average molecular weight is 422 g/mol. The number of anilines is 1. The molecule has 1 saturated heterocycles. The quantitative estimate of drug-likeness (QED) is 0.664. The van der Waals surface area contributed by atoms with Crippen molar-refractivity contribution in [3.8, 4) is 11.6 Å². The van der Waals surface area contributed by atoms with Crippen molar-refractivity contribution in [2.24, 2.45) is 7.05 Å². The van der Waals surface area contributed by atoms with Crippen LogP contribution in [0.1, 0.15) is 19.3 Å². The van der Waals surface area contributed by atoms with Crippen molar-refractivity contribution >= 4 is 33.3 Å². The number of carbonyl (C=O) groups excluding carboxylic acids is 1. The number of nitrogens with one attached hydrogen (secondary N) is 1. The summed E-state index contributed by atoms with van der Waals surface area (Å²) in [5, 5.41) is 16.1. The van der Waals surface area contributed by atoms with Gasteiger partial charge in [0.15, 0.2) is 0 Å². The van der Waals surface area contributed by atoms with Gasteiger partial charge in [-0.15, -0.1) is 16.4 Å². The van der Waals surface area contributed by atoms with Crippen molar-refractivity contribution in [2.45, 2.75) is 29.5 Å². The van der Waals surface area contributed by atoms with E-state index in [2.05, 4.69) is 20.6 Å². The van der Waals surface area contributed by atoms with E-state index in [1.54, 1.807) is 41.5 Å². The monoisotopic (exact) mass is 422 g/mol. The molecule has 4 heterocycles. The number of aromatic nitrogens is 4. The molecule has 10 nitrogen and oxygen atoms in total. The van der Waals surface area contributed by atoms with Crippen molar-refractivity contribution < 1.29 is 17.6 Å². The van der Waals surface area contributed by atoms with E-state index < -0.39 is 22.0 Å². The summed E-state index contributed by atoms with van der Waals surface area (Å²) in [6.07, 6.45) is 3.63. The molecule has 3 aromatic rings. The van der Waals surface area contributed by atoms with Gasteiger partial charge in [0.05, 0.1) is 0 Å². The van der Waals surface area contributed by atoms with Crippen LogP contribution in [0.15, 0.2) is 38.4 Å². The molecule has 1 fully saturated rings. The van der Waals surface area contributed by atoms with Crippen LogP contribution in [0.25, 0.3) is 11.6 Å². The highest BCUT2D eigenvalue weighted by Gasteiger charge is 2.38. The van der Waals surface area contributed by atoms with Crippen molar-refractivity contribution in [3.05, 3.63) is 29.8 Å². The molecule has 28 heavy (non-hydrogen) atoms. The molecule has 1 unspecified atom stereocenters. The molecular weight excluding hydrogens is 404 g/mol. The fourth-order valence-corrected chi connectivity index (χ4v) is 5.85. The molecule has 0 radical (unpaired) electrons. The van der Waals surface area contributed by atoms with Gasteiger partial charge in [-0.1, -0.05) is 17.6 Å². The molecule has 1 aliphatic heterocycles. The lowest BCUT2D eigenvalue weighted by Gasteiger charge is -2.32. The number of amides is 1. The van der Waals surface area contributed by atoms with Crippen LogP contribution in [-0.2, 0) is 21.9 Å². The maximum absolute atomic E-state index is 12.9. The molecule has 4 rings (SSSR count). The van der Waals surface area contributed by atoms with Gasteiger partial charge in [0.2, 0.25) is 5.91 Å². The Balaban J connectivity index is 1.52. The van der Waals surface area contributed by atoms with Gasteiger partial charge in [0, 0.05) is 19.8 Å². The lowest BCUT2D eigenvalue weighted by Crippen LogP contribution is -2.49. The summed E-state index contributed by atoms with van der Waals surface area (Å²) in [6.45, 7) is 0.293. The predicted molar refractivity (Wildman–Crippen MR) is 101 cm³/mol. The lowest BCUT2D eigenvalue weighted by molar-refractivity contribution is -0.120. The molecule has 0 aromatic carbocycles. The first-order valence-electron chi connectivity index (χ1n) is 8.65. The standard InChI is InChI=1S/C16H18N6O4S2/c1-21-9-7-11(20-21)15-18-19-16(26-15)17-14(23)12-5-2-3-8-22(12)28(24,25)13-6-4-10-27-13/h4,6-7,9-10,12H,2-3,5,8H2,1H3,(H,17,19,23). The summed E-state index contributed by atoms with van der Waals surface area (Å²) >= 11 is 1.13. The molecule has 1 aliphatic rings. The summed E-state index contributed by atoms with van der Waals surface area (Å²) in [7, 11) is -1.97. The van der Waals surface area contributed by atoms with Crippen LogP contribution in [0.2, 0.25) is 0 Å². The van der Waals surface area contributed by atoms with Crippen LogP contribution >= 0.6 is 11.3 Å². The third-order valence-electron chi connectivity index (χ3n) is 4.40. The zero-order valence-corrected chi connectivity index (χ0v) is 16.6. The van der Waals surface area contributed by atoms with Crippen LogP contribution in [0.5, 0.6) is 0 Å². The van der Waals surface area contributed by atoms with Gasteiger partial charge >= 0.3 is 6.01 Å². The Labute approximate surface area is 165 Å². The minimum Gasteiger partial charge on any atom is -0.401 e. The Bertz CT molecular complexity index is 1070. The highest BCUT2D eigenvalue weighted by Crippen LogP contribution is 2.28. The second kappa shape index (κ2) is 7.45. The van der Waals surface area contributed by atoms with Crippen molar-refractivity contribution in [1.29, 1.82) is 0 Å². The summed E-state index contributed by atoms with van der Waals surface area (Å²) in [6, 6.07) is 4.00. The summed E-state index contributed by atoms with van der Waals surface area (Å²) in [4.78, 5) is 12.8. The minimum atomic E-state index is -3.73. The van der Waals surface area contributed by atoms with E-state index in [0.29, 0.717) is 25.1 Å². The van der Waals surface area contributed by atoms with E-state index in [0.717, 1.165) is 17.8 Å². The highest BCUT2D eigenvalue weighted by molar-refractivity contribution is 7.91. The molecule has 12 heteroatoms. The van der Waals surface area contributed by atoms with Crippen molar-refractivity contribution in [2.75, 3.05) is 11.9 Å². The Morgan fingerprint density at radius 2 is 2.18 bits per heavy atom. The topological polar surface area (TPSA) is 123 Å². The van der Waals surface area contributed by atoms with E-state index in [1.165, 1.54) is 4.31 Å². The van der Waals surface area contributed by atoms with E-state index in [4.69, 9.17) is 4.42 Å². The lowest BCUT2D eigenvalue weighted by atomic mass is 10.0. The normalized spacial score (nSPS) is 18.2. The molecule has 0 bridgehead atoms. The first-order valence-corrected chi connectivity index (χ1v) is 11.0. The number of sulfonamides is 1. The number of hydrogen-bond acceptors (Lipinski definition) is 8. The first-order chi connectivity index (χ1) is 13.4. The molecule has 0 aliphatic carbocycles. The summed E-state index contributed by atoms with van der Waals surface area (Å²) < 4.78 is 34.3. The predicted octanol–water partition coefficient (Wildman–Crippen LogP) is 1.71. The SMILES string of the molecule is Cn1ccc(-c2nnc(NC(=O)C3CCCCN3S(=O)(=O)c3cccs3)o2)n1. The van der Waals surface area contributed by atoms with E-state index in [-0.39, 0.29) is 16.1 Å². The minimum absolute atomic E-state index is 0.0929. The summed E-state index contributed by atoms with van der Waals surface area (Å²) in [5.41, 5.74) is 0.482. The van der Waals surface area contributed by atoms with Crippen LogP contribution in [0.4, 0.5) is 6.01 Å². The second-order valence-electron chi connectivity index (χ2n) is 6.34. The number of rotatable bonds is 5. The Hall–Kier alpha value is -2.57. The Kier molecular flexibility index (Phi) is 5.00. The van der Waals surface area contributed by atoms with Gasteiger partial charge in [0.25, 0.3) is 15.9 Å². The van der Waals surface area contributed by atoms with Crippen molar-refractivity contribution in [3.63, 3.8) is 0 Å². The molecule has 1 amide bonds. The third-order valence-corrected chi connectivity index (χ3v) is 7.68. The fraction of sp³-hybridized carbons (Fsp3) is 0.375. The Morgan fingerprint density at radius 3 is 2.89 bits per heavy atom. The third kappa shape index (κ3) is 3.57. The van der Waals surface area contributed by atoms with Gasteiger partial charge in [0.1, 0.15) is 15.9 Å². The molecule has 148 valence electrons. The number of nitrogens with zero attached hydrogens (tertiary/aromatic N) is 5. The van der Waals surface area contributed by atoms with Gasteiger partial charge < -0.3 is 4.42 Å². The smallest absolute Gasteiger partial charge is 0.322 e. The number of aryl methyl sites for hydroxylation is 1. The van der Waals surface area contributed by atoms with Crippen LogP contribution < -0.4 is 5.32 Å². The average Bonchev–Trinajstić information content (AvgIpc) is 3.43. The zero-order valence-electron chi connectivity index (χ0n) is 15.0. The van der Waals surface area contributed by atoms with E-state index >= 15 is 0 Å². The molecule has 0 saturated carbocycles. The fourth-order valence-electron chi connectivity index (χ4n) is 3.08. The summed E-state index contributed by atoms with van der Waals surface area (Å²) in [5.74, 6) is -0.321. The van der Waals surface area contributed by atoms with Gasteiger partial charge in [-0.25, -0.2) is 8.42 Å². The maximum atomic E-state index is 12.9. The van der Waals surface area contributed by atoms with Crippen LogP contribution in [0, 0.1) is 0 Å². The maximum Gasteiger partial charge on any atom is 0.322 e. The molecular formula is C16H18N6O4S2. The van der Waals surface area contributed by atoms with Gasteiger partial charge in [-0.2, -0.15) is 9.40 Å². The van der Waals surface area contributed by atoms with Gasteiger partial charge in [-0.05, 0) is 30.4 Å². The first kappa shape index (κ1) is 18.8. The second-order valence-corrected chi connectivity index (χ2v) is 9.40. The molecule has 1 atom stereocenters. The van der Waals surface area contributed by atoms with E-state index in [1.807, 2.05) is 0 Å². The highest BCUT2D eigenvalue weighted by atomic mass is 32.2. The molecule has 1 N–H and O–H groups in total. The number of thiophene rings is 1. The largest absolute Gasteiger partial charge is 0.401 e. The van der Waals surface area contributed by atoms with Crippen LogP contribution in [-0.4, -0.2) is 51.2 Å². The van der Waals surface area contributed by atoms with Crippen LogP contribution in [0.3, 0.4) is 0 Å². The van der Waals surface area contributed by atoms with Gasteiger partial charge in [-0.3, -0.25) is 14.8 Å². The molecule has 0 spiro atoms.